The Kier molecular flexibility index (Phi) is 5.25. The van der Waals surface area contributed by atoms with Crippen LogP contribution < -0.4 is 10.6 Å². The van der Waals surface area contributed by atoms with Crippen LogP contribution in [0.1, 0.15) is 30.0 Å². The summed E-state index contributed by atoms with van der Waals surface area (Å²) in [5, 5.41) is 5.15. The molecule has 1 aromatic carbocycles. The molecular formula is C15H17F3N2O3. The van der Waals surface area contributed by atoms with Crippen molar-refractivity contribution in [2.75, 3.05) is 13.7 Å². The molecule has 2 N–H and O–H groups in total. The predicted molar refractivity (Wildman–Crippen MR) is 75.4 cm³/mol. The number of carbonyl (C=O) groups is 2. The number of benzene rings is 1. The van der Waals surface area contributed by atoms with Crippen molar-refractivity contribution in [2.45, 2.75) is 31.1 Å². The lowest BCUT2D eigenvalue weighted by Crippen LogP contribution is -2.44. The molecule has 0 unspecified atom stereocenters. The van der Waals surface area contributed by atoms with Crippen LogP contribution in [0.3, 0.4) is 0 Å². The first kappa shape index (κ1) is 17.3. The number of alkyl halides is 3. The van der Waals surface area contributed by atoms with Crippen LogP contribution in [0.5, 0.6) is 0 Å². The summed E-state index contributed by atoms with van der Waals surface area (Å²) in [6.07, 6.45) is -3.83. The standard InChI is InChI=1S/C15H17F3N2O3/c1-23-8-12(20-14(22)11-5-6-13(21)19-11)9-3-2-4-10(7-9)15(16,17)18/h2-4,7,11-12H,5-6,8H2,1H3,(H,19,21)(H,20,22)/t11-,12+/m1/s1. The van der Waals surface area contributed by atoms with Gasteiger partial charge in [0.05, 0.1) is 18.2 Å². The zero-order valence-electron chi connectivity index (χ0n) is 12.4. The largest absolute Gasteiger partial charge is 0.416 e. The van der Waals surface area contributed by atoms with Crippen LogP contribution in [0.2, 0.25) is 0 Å². The van der Waals surface area contributed by atoms with Crippen molar-refractivity contribution in [3.8, 4) is 0 Å². The number of methoxy groups -OCH3 is 1. The molecule has 0 bridgehead atoms. The van der Waals surface area contributed by atoms with Gasteiger partial charge in [-0.15, -0.1) is 0 Å². The van der Waals surface area contributed by atoms with Gasteiger partial charge < -0.3 is 15.4 Å². The normalized spacial score (nSPS) is 19.3. The topological polar surface area (TPSA) is 67.4 Å². The SMILES string of the molecule is COC[C@H](NC(=O)[C@H]1CCC(=O)N1)c1cccc(C(F)(F)F)c1. The number of rotatable bonds is 5. The minimum Gasteiger partial charge on any atom is -0.382 e. The van der Waals surface area contributed by atoms with Gasteiger partial charge in [0.2, 0.25) is 11.8 Å². The third kappa shape index (κ3) is 4.44. The van der Waals surface area contributed by atoms with E-state index in [2.05, 4.69) is 10.6 Å². The molecule has 2 rings (SSSR count). The summed E-state index contributed by atoms with van der Waals surface area (Å²) in [4.78, 5) is 23.3. The molecule has 0 aromatic heterocycles. The molecule has 0 aliphatic carbocycles. The zero-order valence-corrected chi connectivity index (χ0v) is 12.4. The van der Waals surface area contributed by atoms with E-state index in [9.17, 15) is 22.8 Å². The number of hydrogen-bond acceptors (Lipinski definition) is 3. The zero-order chi connectivity index (χ0) is 17.0. The smallest absolute Gasteiger partial charge is 0.382 e. The van der Waals surface area contributed by atoms with E-state index in [1.807, 2.05) is 0 Å². The minimum absolute atomic E-state index is 0.0215. The lowest BCUT2D eigenvalue weighted by atomic mass is 10.0. The molecule has 1 fully saturated rings. The molecule has 1 aromatic rings. The molecule has 2 atom stereocenters. The number of nitrogens with one attached hydrogen (secondary N) is 2. The van der Waals surface area contributed by atoms with Crippen LogP contribution in [0.15, 0.2) is 24.3 Å². The first-order chi connectivity index (χ1) is 10.8. The van der Waals surface area contributed by atoms with Crippen LogP contribution in [-0.2, 0) is 20.5 Å². The van der Waals surface area contributed by atoms with E-state index in [0.29, 0.717) is 12.0 Å². The summed E-state index contributed by atoms with van der Waals surface area (Å²) < 4.78 is 43.4. The van der Waals surface area contributed by atoms with E-state index in [4.69, 9.17) is 4.74 Å². The monoisotopic (exact) mass is 330 g/mol. The van der Waals surface area contributed by atoms with Gasteiger partial charge in [0.15, 0.2) is 0 Å². The quantitative estimate of drug-likeness (QED) is 0.865. The minimum atomic E-state index is -4.46. The molecule has 126 valence electrons. The first-order valence-electron chi connectivity index (χ1n) is 7.07. The van der Waals surface area contributed by atoms with Crippen LogP contribution in [-0.4, -0.2) is 31.6 Å². The van der Waals surface area contributed by atoms with E-state index in [-0.39, 0.29) is 18.9 Å². The van der Waals surface area contributed by atoms with Crippen LogP contribution in [0.25, 0.3) is 0 Å². The Morgan fingerprint density at radius 3 is 2.78 bits per heavy atom. The molecule has 5 nitrogen and oxygen atoms in total. The van der Waals surface area contributed by atoms with Crippen molar-refractivity contribution in [3.05, 3.63) is 35.4 Å². The highest BCUT2D eigenvalue weighted by atomic mass is 19.4. The summed E-state index contributed by atoms with van der Waals surface area (Å²) >= 11 is 0. The Bertz CT molecular complexity index is 590. The van der Waals surface area contributed by atoms with Crippen LogP contribution in [0.4, 0.5) is 13.2 Å². The number of hydrogen-bond donors (Lipinski definition) is 2. The summed E-state index contributed by atoms with van der Waals surface area (Å²) in [6.45, 7) is 0.0215. The molecule has 1 heterocycles. The molecule has 1 aliphatic heterocycles. The second-order valence-electron chi connectivity index (χ2n) is 5.30. The number of amides is 2. The number of halogens is 3. The number of carbonyl (C=O) groups excluding carboxylic acids is 2. The maximum absolute atomic E-state index is 12.8. The average molecular weight is 330 g/mol. The Morgan fingerprint density at radius 1 is 1.48 bits per heavy atom. The Hall–Kier alpha value is -2.09. The van der Waals surface area contributed by atoms with Gasteiger partial charge in [-0.1, -0.05) is 12.1 Å². The number of ether oxygens (including phenoxy) is 1. The molecule has 1 saturated heterocycles. The molecule has 0 saturated carbocycles. The maximum atomic E-state index is 12.8. The van der Waals surface area contributed by atoms with Gasteiger partial charge in [0.25, 0.3) is 0 Å². The average Bonchev–Trinajstić information content (AvgIpc) is 2.93. The fourth-order valence-corrected chi connectivity index (χ4v) is 2.40. The fourth-order valence-electron chi connectivity index (χ4n) is 2.40. The van der Waals surface area contributed by atoms with Crippen molar-refractivity contribution < 1.29 is 27.5 Å². The van der Waals surface area contributed by atoms with E-state index >= 15 is 0 Å². The molecule has 23 heavy (non-hydrogen) atoms. The van der Waals surface area contributed by atoms with Crippen molar-refractivity contribution in [2.24, 2.45) is 0 Å². The highest BCUT2D eigenvalue weighted by Gasteiger charge is 2.32. The van der Waals surface area contributed by atoms with Gasteiger partial charge in [0, 0.05) is 13.5 Å². The van der Waals surface area contributed by atoms with Crippen molar-refractivity contribution >= 4 is 11.8 Å². The highest BCUT2D eigenvalue weighted by molar-refractivity contribution is 5.90. The summed E-state index contributed by atoms with van der Waals surface area (Å²) in [5.41, 5.74) is -0.501. The fraction of sp³-hybridized carbons (Fsp3) is 0.467. The van der Waals surface area contributed by atoms with E-state index in [1.165, 1.54) is 19.2 Å². The molecule has 2 amide bonds. The lowest BCUT2D eigenvalue weighted by Gasteiger charge is -2.21. The summed E-state index contributed by atoms with van der Waals surface area (Å²) in [6, 6.07) is 3.33. The Labute approximate surface area is 131 Å². The van der Waals surface area contributed by atoms with E-state index in [0.717, 1.165) is 12.1 Å². The Balaban J connectivity index is 2.15. The summed E-state index contributed by atoms with van der Waals surface area (Å²) in [5.74, 6) is -0.650. The van der Waals surface area contributed by atoms with Gasteiger partial charge in [-0.25, -0.2) is 0 Å². The van der Waals surface area contributed by atoms with Crippen molar-refractivity contribution in [3.63, 3.8) is 0 Å². The lowest BCUT2D eigenvalue weighted by molar-refractivity contribution is -0.137. The van der Waals surface area contributed by atoms with Gasteiger partial charge in [0.1, 0.15) is 6.04 Å². The molecular weight excluding hydrogens is 313 g/mol. The molecule has 1 aliphatic rings. The van der Waals surface area contributed by atoms with Crippen molar-refractivity contribution in [1.29, 1.82) is 0 Å². The van der Waals surface area contributed by atoms with Gasteiger partial charge in [-0.2, -0.15) is 13.2 Å². The van der Waals surface area contributed by atoms with Gasteiger partial charge in [-0.3, -0.25) is 9.59 Å². The molecule has 0 radical (unpaired) electrons. The summed E-state index contributed by atoms with van der Waals surface area (Å²) in [7, 11) is 1.39. The maximum Gasteiger partial charge on any atom is 0.416 e. The second kappa shape index (κ2) is 6.99. The molecule has 8 heteroatoms. The van der Waals surface area contributed by atoms with Crippen molar-refractivity contribution in [1.82, 2.24) is 10.6 Å². The van der Waals surface area contributed by atoms with Crippen LogP contribution in [0, 0.1) is 0 Å². The van der Waals surface area contributed by atoms with Crippen LogP contribution >= 0.6 is 0 Å². The predicted octanol–water partition coefficient (Wildman–Crippen LogP) is 1.79. The van der Waals surface area contributed by atoms with Gasteiger partial charge in [-0.05, 0) is 24.1 Å². The van der Waals surface area contributed by atoms with E-state index < -0.39 is 29.7 Å². The third-order valence-corrected chi connectivity index (χ3v) is 3.58. The van der Waals surface area contributed by atoms with Gasteiger partial charge >= 0.3 is 6.18 Å². The molecule has 0 spiro atoms. The second-order valence-corrected chi connectivity index (χ2v) is 5.30. The Morgan fingerprint density at radius 2 is 2.22 bits per heavy atom. The third-order valence-electron chi connectivity index (χ3n) is 3.58. The van der Waals surface area contributed by atoms with E-state index in [1.54, 1.807) is 0 Å². The first-order valence-corrected chi connectivity index (χ1v) is 7.07. The highest BCUT2D eigenvalue weighted by Crippen LogP contribution is 2.30.